The number of nitrogens with zero attached hydrogens (tertiary/aromatic N) is 2. The number of fused-ring (bicyclic) bond motifs is 1. The van der Waals surface area contributed by atoms with Crippen LogP contribution in [0.5, 0.6) is 5.75 Å². The molecule has 0 aliphatic carbocycles. The number of benzene rings is 2. The minimum Gasteiger partial charge on any atom is -0.477 e. The van der Waals surface area contributed by atoms with Gasteiger partial charge in [-0.25, -0.2) is 4.79 Å². The molecule has 30 heavy (non-hydrogen) atoms. The van der Waals surface area contributed by atoms with Crippen LogP contribution in [0.25, 0.3) is 0 Å². The van der Waals surface area contributed by atoms with Gasteiger partial charge in [0.25, 0.3) is 5.91 Å². The molecule has 1 atom stereocenters. The highest BCUT2D eigenvalue weighted by Gasteiger charge is 2.30. The Morgan fingerprint density at radius 2 is 2.00 bits per heavy atom. The van der Waals surface area contributed by atoms with Gasteiger partial charge in [0.2, 0.25) is 5.91 Å². The van der Waals surface area contributed by atoms with Gasteiger partial charge in [-0.05, 0) is 31.2 Å². The van der Waals surface area contributed by atoms with E-state index in [0.717, 1.165) is 13.2 Å². The predicted octanol–water partition coefficient (Wildman–Crippen LogP) is 2.52. The van der Waals surface area contributed by atoms with Gasteiger partial charge in [0.15, 0.2) is 12.4 Å². The van der Waals surface area contributed by atoms with Crippen LogP contribution < -0.4 is 15.0 Å². The summed E-state index contributed by atoms with van der Waals surface area (Å²) in [4.78, 5) is 48.7. The van der Waals surface area contributed by atoms with Gasteiger partial charge in [0, 0.05) is 18.5 Å². The number of nitro groups is 1. The minimum atomic E-state index is -0.729. The third-order valence-corrected chi connectivity index (χ3v) is 4.56. The Bertz CT molecular complexity index is 1020. The molecule has 1 N–H and O–H groups in total. The Hall–Kier alpha value is -3.95. The predicted molar refractivity (Wildman–Crippen MR) is 107 cm³/mol. The Morgan fingerprint density at radius 3 is 2.70 bits per heavy atom. The fraction of sp³-hybridized carbons (Fsp3) is 0.250. The highest BCUT2D eigenvalue weighted by atomic mass is 16.6. The van der Waals surface area contributed by atoms with Crippen LogP contribution in [0.2, 0.25) is 0 Å². The largest absolute Gasteiger partial charge is 0.477 e. The molecular formula is C20H19N3O7. The normalized spacial score (nSPS) is 15.5. The fourth-order valence-corrected chi connectivity index (χ4v) is 3.20. The van der Waals surface area contributed by atoms with E-state index in [0.29, 0.717) is 11.4 Å². The fourth-order valence-electron chi connectivity index (χ4n) is 3.20. The minimum absolute atomic E-state index is 0.0115. The zero-order chi connectivity index (χ0) is 21.8. The summed E-state index contributed by atoms with van der Waals surface area (Å²) in [6.45, 7) is 1.23. The lowest BCUT2D eigenvalue weighted by Crippen LogP contribution is -2.41. The van der Waals surface area contributed by atoms with Crippen LogP contribution in [0.15, 0.2) is 42.5 Å². The van der Waals surface area contributed by atoms with E-state index in [1.165, 1.54) is 17.0 Å². The maximum Gasteiger partial charge on any atom is 0.338 e. The molecule has 2 amide bonds. The number of nitro benzene ring substituents is 1. The first-order valence-corrected chi connectivity index (χ1v) is 9.02. The summed E-state index contributed by atoms with van der Waals surface area (Å²) in [7, 11) is 1.16. The maximum atomic E-state index is 12.9. The van der Waals surface area contributed by atoms with Crippen molar-refractivity contribution in [1.29, 1.82) is 0 Å². The second-order valence-corrected chi connectivity index (χ2v) is 6.60. The van der Waals surface area contributed by atoms with Crippen LogP contribution in [-0.2, 0) is 14.3 Å². The molecule has 10 nitrogen and oxygen atoms in total. The molecule has 156 valence electrons. The molecule has 2 aromatic rings. The van der Waals surface area contributed by atoms with Crippen molar-refractivity contribution in [1.82, 2.24) is 0 Å². The topological polar surface area (TPSA) is 128 Å². The molecule has 0 aromatic heterocycles. The maximum absolute atomic E-state index is 12.9. The summed E-state index contributed by atoms with van der Waals surface area (Å²) >= 11 is 0. The standard InChI is InChI=1S/C20H19N3O7/c1-12-9-18(24)21-14-5-3-4-6-15(14)22(12)19(25)11-30-17-8-7-13(20(26)29-2)10-16(17)23(27)28/h3-8,10,12H,9,11H2,1-2H3,(H,21,24). The van der Waals surface area contributed by atoms with Crippen molar-refractivity contribution >= 4 is 34.8 Å². The van der Waals surface area contributed by atoms with E-state index in [4.69, 9.17) is 4.74 Å². The van der Waals surface area contributed by atoms with E-state index in [1.54, 1.807) is 31.2 Å². The molecule has 10 heteroatoms. The summed E-state index contributed by atoms with van der Waals surface area (Å²) in [5, 5.41) is 14.1. The number of anilines is 2. The average molecular weight is 413 g/mol. The number of hydrogen-bond acceptors (Lipinski definition) is 7. The van der Waals surface area contributed by atoms with E-state index in [2.05, 4.69) is 10.1 Å². The van der Waals surface area contributed by atoms with Crippen molar-refractivity contribution in [3.63, 3.8) is 0 Å². The monoisotopic (exact) mass is 413 g/mol. The number of rotatable bonds is 5. The second-order valence-electron chi connectivity index (χ2n) is 6.60. The number of ether oxygens (including phenoxy) is 2. The molecule has 2 aromatic carbocycles. The number of para-hydroxylation sites is 2. The van der Waals surface area contributed by atoms with Crippen molar-refractivity contribution in [2.45, 2.75) is 19.4 Å². The van der Waals surface area contributed by atoms with Gasteiger partial charge in [-0.15, -0.1) is 0 Å². The van der Waals surface area contributed by atoms with E-state index in [9.17, 15) is 24.5 Å². The van der Waals surface area contributed by atoms with E-state index in [-0.39, 0.29) is 23.6 Å². The summed E-state index contributed by atoms with van der Waals surface area (Å²) in [5.41, 5.74) is 0.531. The van der Waals surface area contributed by atoms with Crippen LogP contribution in [0.4, 0.5) is 17.1 Å². The zero-order valence-corrected chi connectivity index (χ0v) is 16.3. The van der Waals surface area contributed by atoms with Gasteiger partial charge in [0.1, 0.15) is 0 Å². The second kappa shape index (κ2) is 8.60. The Morgan fingerprint density at radius 1 is 1.27 bits per heavy atom. The first-order chi connectivity index (χ1) is 14.3. The first-order valence-electron chi connectivity index (χ1n) is 9.02. The molecule has 0 fully saturated rings. The molecule has 1 aliphatic heterocycles. The number of carbonyl (C=O) groups is 3. The number of nitrogens with one attached hydrogen (secondary N) is 1. The lowest BCUT2D eigenvalue weighted by Gasteiger charge is -2.27. The van der Waals surface area contributed by atoms with Gasteiger partial charge in [-0.1, -0.05) is 12.1 Å². The third kappa shape index (κ3) is 4.22. The van der Waals surface area contributed by atoms with Gasteiger partial charge in [-0.3, -0.25) is 19.7 Å². The summed E-state index contributed by atoms with van der Waals surface area (Å²) in [6, 6.07) is 9.99. The third-order valence-electron chi connectivity index (χ3n) is 4.56. The van der Waals surface area contributed by atoms with Crippen LogP contribution in [0, 0.1) is 10.1 Å². The Balaban J connectivity index is 1.84. The van der Waals surface area contributed by atoms with Crippen molar-refractivity contribution in [3.8, 4) is 5.75 Å². The number of carbonyl (C=O) groups excluding carboxylic acids is 3. The van der Waals surface area contributed by atoms with Crippen LogP contribution in [0.1, 0.15) is 23.7 Å². The summed E-state index contributed by atoms with van der Waals surface area (Å²) in [6.07, 6.45) is 0.0917. The molecule has 0 saturated carbocycles. The number of amides is 2. The first kappa shape index (κ1) is 20.8. The van der Waals surface area contributed by atoms with E-state index < -0.39 is 35.1 Å². The smallest absolute Gasteiger partial charge is 0.338 e. The average Bonchev–Trinajstić information content (AvgIpc) is 2.85. The molecule has 1 aliphatic rings. The Kier molecular flexibility index (Phi) is 5.95. The molecule has 3 rings (SSSR count). The number of esters is 1. The SMILES string of the molecule is COC(=O)c1ccc(OCC(=O)N2c3ccccc3NC(=O)CC2C)c([N+](=O)[O-])c1. The summed E-state index contributed by atoms with van der Waals surface area (Å²) in [5.74, 6) is -1.59. The van der Waals surface area contributed by atoms with Gasteiger partial charge >= 0.3 is 11.7 Å². The molecule has 0 radical (unpaired) electrons. The van der Waals surface area contributed by atoms with Crippen LogP contribution >= 0.6 is 0 Å². The molecule has 0 spiro atoms. The van der Waals surface area contributed by atoms with Crippen molar-refractivity contribution in [2.24, 2.45) is 0 Å². The number of hydrogen-bond donors (Lipinski definition) is 1. The van der Waals surface area contributed by atoms with E-state index in [1.807, 2.05) is 0 Å². The summed E-state index contributed by atoms with van der Waals surface area (Å²) < 4.78 is 9.98. The molecule has 0 saturated heterocycles. The van der Waals surface area contributed by atoms with Gasteiger partial charge < -0.3 is 19.7 Å². The number of methoxy groups -OCH3 is 1. The highest BCUT2D eigenvalue weighted by Crippen LogP contribution is 2.32. The van der Waals surface area contributed by atoms with Crippen molar-refractivity contribution < 1.29 is 28.8 Å². The van der Waals surface area contributed by atoms with Crippen LogP contribution in [0.3, 0.4) is 0 Å². The van der Waals surface area contributed by atoms with Crippen LogP contribution in [-0.4, -0.2) is 42.5 Å². The highest BCUT2D eigenvalue weighted by molar-refractivity contribution is 6.04. The molecular weight excluding hydrogens is 394 g/mol. The Labute approximate surface area is 171 Å². The molecule has 0 bridgehead atoms. The molecule has 1 unspecified atom stereocenters. The van der Waals surface area contributed by atoms with Crippen molar-refractivity contribution in [3.05, 3.63) is 58.1 Å². The zero-order valence-electron chi connectivity index (χ0n) is 16.3. The quantitative estimate of drug-likeness (QED) is 0.453. The van der Waals surface area contributed by atoms with Gasteiger partial charge in [-0.2, -0.15) is 0 Å². The van der Waals surface area contributed by atoms with E-state index >= 15 is 0 Å². The molecule has 1 heterocycles. The van der Waals surface area contributed by atoms with Crippen molar-refractivity contribution in [2.75, 3.05) is 23.9 Å². The van der Waals surface area contributed by atoms with Gasteiger partial charge in [0.05, 0.1) is 29.0 Å². The lowest BCUT2D eigenvalue weighted by molar-refractivity contribution is -0.385. The lowest BCUT2D eigenvalue weighted by atomic mass is 10.1.